The van der Waals surface area contributed by atoms with E-state index in [1.54, 1.807) is 0 Å². The lowest BCUT2D eigenvalue weighted by atomic mass is 10.00. The minimum Gasteiger partial charge on any atom is -0.300 e. The molecular formula is C23H29N. The molecule has 3 rings (SSSR count). The maximum absolute atomic E-state index is 2.62. The standard InChI is InChI=1S/C23H29N/c1-18-8-6-9-19(2)23(18)13-12-21-10-7-11-22(17-21)16-20(3)24-14-4-5-15-24/h6-13,17,20H,4-5,14-16H2,1-3H3. The second kappa shape index (κ2) is 7.81. The molecule has 0 bridgehead atoms. The van der Waals surface area contributed by atoms with Gasteiger partial charge in [0.15, 0.2) is 0 Å². The Hall–Kier alpha value is -1.86. The van der Waals surface area contributed by atoms with Gasteiger partial charge in [-0.1, -0.05) is 54.6 Å². The Balaban J connectivity index is 1.72. The quantitative estimate of drug-likeness (QED) is 0.658. The average Bonchev–Trinajstić information content (AvgIpc) is 3.09. The summed E-state index contributed by atoms with van der Waals surface area (Å²) in [6.45, 7) is 9.27. The van der Waals surface area contributed by atoms with E-state index in [9.17, 15) is 0 Å². The van der Waals surface area contributed by atoms with E-state index >= 15 is 0 Å². The van der Waals surface area contributed by atoms with Crippen LogP contribution in [0.25, 0.3) is 12.2 Å². The van der Waals surface area contributed by atoms with E-state index in [1.807, 2.05) is 0 Å². The van der Waals surface area contributed by atoms with Crippen molar-refractivity contribution in [1.82, 2.24) is 4.90 Å². The van der Waals surface area contributed by atoms with Crippen molar-refractivity contribution in [2.45, 2.75) is 46.1 Å². The summed E-state index contributed by atoms with van der Waals surface area (Å²) in [6, 6.07) is 16.1. The third-order valence-corrected chi connectivity index (χ3v) is 5.23. The maximum atomic E-state index is 2.62. The monoisotopic (exact) mass is 319 g/mol. The fraction of sp³-hybridized carbons (Fsp3) is 0.391. The summed E-state index contributed by atoms with van der Waals surface area (Å²) in [5.41, 5.74) is 6.75. The van der Waals surface area contributed by atoms with Gasteiger partial charge in [-0.05, 0) is 80.9 Å². The molecule has 0 N–H and O–H groups in total. The SMILES string of the molecule is Cc1cccc(C)c1C=Cc1cccc(CC(C)N2CCCC2)c1. The summed E-state index contributed by atoms with van der Waals surface area (Å²) in [7, 11) is 0. The zero-order chi connectivity index (χ0) is 16.9. The van der Waals surface area contributed by atoms with E-state index in [2.05, 4.69) is 80.3 Å². The first-order chi connectivity index (χ1) is 11.6. The van der Waals surface area contributed by atoms with Gasteiger partial charge < -0.3 is 4.90 Å². The van der Waals surface area contributed by atoms with Crippen LogP contribution in [0.4, 0.5) is 0 Å². The normalized spacial score (nSPS) is 16.8. The maximum Gasteiger partial charge on any atom is 0.0107 e. The number of aryl methyl sites for hydroxylation is 2. The second-order valence-electron chi connectivity index (χ2n) is 7.18. The van der Waals surface area contributed by atoms with Gasteiger partial charge >= 0.3 is 0 Å². The Morgan fingerprint density at radius 3 is 2.33 bits per heavy atom. The molecular weight excluding hydrogens is 290 g/mol. The molecule has 0 spiro atoms. The van der Waals surface area contributed by atoms with Crippen molar-refractivity contribution in [2.24, 2.45) is 0 Å². The van der Waals surface area contributed by atoms with Crippen molar-refractivity contribution < 1.29 is 0 Å². The molecule has 0 aliphatic carbocycles. The van der Waals surface area contributed by atoms with Crippen LogP contribution in [-0.2, 0) is 6.42 Å². The minimum absolute atomic E-state index is 0.644. The molecule has 0 aromatic heterocycles. The Morgan fingerprint density at radius 2 is 1.62 bits per heavy atom. The van der Waals surface area contributed by atoms with Gasteiger partial charge in [-0.2, -0.15) is 0 Å². The molecule has 126 valence electrons. The zero-order valence-corrected chi connectivity index (χ0v) is 15.3. The van der Waals surface area contributed by atoms with Crippen molar-refractivity contribution in [2.75, 3.05) is 13.1 Å². The van der Waals surface area contributed by atoms with Crippen LogP contribution in [0, 0.1) is 13.8 Å². The summed E-state index contributed by atoms with van der Waals surface area (Å²) < 4.78 is 0. The topological polar surface area (TPSA) is 3.24 Å². The van der Waals surface area contributed by atoms with E-state index in [0.717, 1.165) is 6.42 Å². The number of benzene rings is 2. The van der Waals surface area contributed by atoms with Crippen LogP contribution in [-0.4, -0.2) is 24.0 Å². The van der Waals surface area contributed by atoms with E-state index in [-0.39, 0.29) is 0 Å². The van der Waals surface area contributed by atoms with Gasteiger partial charge in [-0.3, -0.25) is 0 Å². The van der Waals surface area contributed by atoms with Crippen molar-refractivity contribution in [3.05, 3.63) is 70.3 Å². The van der Waals surface area contributed by atoms with Crippen LogP contribution in [0.2, 0.25) is 0 Å². The third-order valence-electron chi connectivity index (χ3n) is 5.23. The van der Waals surface area contributed by atoms with Crippen LogP contribution < -0.4 is 0 Å². The first kappa shape index (κ1) is 17.0. The highest BCUT2D eigenvalue weighted by molar-refractivity contribution is 5.72. The lowest BCUT2D eigenvalue weighted by molar-refractivity contribution is 0.257. The third kappa shape index (κ3) is 4.15. The predicted octanol–water partition coefficient (Wildman–Crippen LogP) is 5.50. The van der Waals surface area contributed by atoms with Crippen LogP contribution in [0.5, 0.6) is 0 Å². The van der Waals surface area contributed by atoms with Crippen LogP contribution in [0.3, 0.4) is 0 Å². The molecule has 1 aliphatic heterocycles. The van der Waals surface area contributed by atoms with E-state index < -0.39 is 0 Å². The molecule has 2 aromatic rings. The van der Waals surface area contributed by atoms with Gasteiger partial charge in [-0.25, -0.2) is 0 Å². The van der Waals surface area contributed by atoms with Gasteiger partial charge in [0.25, 0.3) is 0 Å². The predicted molar refractivity (Wildman–Crippen MR) is 105 cm³/mol. The van der Waals surface area contributed by atoms with Gasteiger partial charge in [-0.15, -0.1) is 0 Å². The Kier molecular flexibility index (Phi) is 5.52. The summed E-state index contributed by atoms with van der Waals surface area (Å²) in [4.78, 5) is 2.62. The molecule has 0 amide bonds. The molecule has 2 aromatic carbocycles. The second-order valence-corrected chi connectivity index (χ2v) is 7.18. The minimum atomic E-state index is 0.644. The van der Waals surface area contributed by atoms with Crippen molar-refractivity contribution in [1.29, 1.82) is 0 Å². The van der Waals surface area contributed by atoms with Gasteiger partial charge in [0, 0.05) is 6.04 Å². The highest BCUT2D eigenvalue weighted by Crippen LogP contribution is 2.19. The molecule has 1 fully saturated rings. The van der Waals surface area contributed by atoms with Crippen molar-refractivity contribution >= 4 is 12.2 Å². The lowest BCUT2D eigenvalue weighted by Gasteiger charge is -2.23. The molecule has 1 heteroatoms. The first-order valence-corrected chi connectivity index (χ1v) is 9.21. The van der Waals surface area contributed by atoms with Crippen LogP contribution in [0.15, 0.2) is 42.5 Å². The first-order valence-electron chi connectivity index (χ1n) is 9.21. The molecule has 1 saturated heterocycles. The summed E-state index contributed by atoms with van der Waals surface area (Å²) in [6.07, 6.45) is 8.38. The molecule has 1 unspecified atom stereocenters. The van der Waals surface area contributed by atoms with E-state index in [4.69, 9.17) is 0 Å². The van der Waals surface area contributed by atoms with Crippen LogP contribution in [0.1, 0.15) is 47.6 Å². The number of rotatable bonds is 5. The van der Waals surface area contributed by atoms with Crippen molar-refractivity contribution in [3.8, 4) is 0 Å². The fourth-order valence-electron chi connectivity index (χ4n) is 3.75. The van der Waals surface area contributed by atoms with Gasteiger partial charge in [0.1, 0.15) is 0 Å². The highest BCUT2D eigenvalue weighted by Gasteiger charge is 2.17. The number of hydrogen-bond donors (Lipinski definition) is 0. The Morgan fingerprint density at radius 1 is 0.958 bits per heavy atom. The lowest BCUT2D eigenvalue weighted by Crippen LogP contribution is -2.31. The molecule has 0 radical (unpaired) electrons. The molecule has 0 saturated carbocycles. The molecule has 1 heterocycles. The fourth-order valence-corrected chi connectivity index (χ4v) is 3.75. The van der Waals surface area contributed by atoms with Gasteiger partial charge in [0.2, 0.25) is 0 Å². The van der Waals surface area contributed by atoms with Crippen molar-refractivity contribution in [3.63, 3.8) is 0 Å². The summed E-state index contributed by atoms with van der Waals surface area (Å²) in [5.74, 6) is 0. The Labute approximate surface area is 147 Å². The molecule has 1 nitrogen and oxygen atoms in total. The molecule has 1 aliphatic rings. The average molecular weight is 319 g/mol. The molecule has 24 heavy (non-hydrogen) atoms. The van der Waals surface area contributed by atoms with Gasteiger partial charge in [0.05, 0.1) is 0 Å². The number of likely N-dealkylation sites (tertiary alicyclic amines) is 1. The van der Waals surface area contributed by atoms with E-state index in [1.165, 1.54) is 53.7 Å². The van der Waals surface area contributed by atoms with E-state index in [0.29, 0.717) is 6.04 Å². The number of nitrogens with zero attached hydrogens (tertiary/aromatic N) is 1. The smallest absolute Gasteiger partial charge is 0.0107 e. The summed E-state index contributed by atoms with van der Waals surface area (Å²) in [5, 5.41) is 0. The summed E-state index contributed by atoms with van der Waals surface area (Å²) >= 11 is 0. The zero-order valence-electron chi connectivity index (χ0n) is 15.3. The highest BCUT2D eigenvalue weighted by atomic mass is 15.2. The van der Waals surface area contributed by atoms with Crippen LogP contribution >= 0.6 is 0 Å². The largest absolute Gasteiger partial charge is 0.300 e. The Bertz CT molecular complexity index is 687. The molecule has 1 atom stereocenters. The number of hydrogen-bond acceptors (Lipinski definition) is 1.